The van der Waals surface area contributed by atoms with Crippen LogP contribution in [0.4, 0.5) is 0 Å². The van der Waals surface area contributed by atoms with Gasteiger partial charge in [-0.1, -0.05) is 0 Å². The lowest BCUT2D eigenvalue weighted by Crippen LogP contribution is -2.44. The highest BCUT2D eigenvalue weighted by Crippen LogP contribution is 2.33. The molecule has 5 nitrogen and oxygen atoms in total. The van der Waals surface area contributed by atoms with E-state index in [2.05, 4.69) is 29.2 Å². The maximum Gasteiger partial charge on any atom is 0.228 e. The molecule has 5 heteroatoms. The number of carbonyl (C=O) groups is 1. The molecule has 0 saturated carbocycles. The molecule has 0 radical (unpaired) electrons. The van der Waals surface area contributed by atoms with Crippen LogP contribution in [0.2, 0.25) is 0 Å². The minimum absolute atomic E-state index is 0.0576. The summed E-state index contributed by atoms with van der Waals surface area (Å²) in [6.45, 7) is 6.00. The number of aryl methyl sites for hydroxylation is 1. The van der Waals surface area contributed by atoms with Crippen LogP contribution in [0.25, 0.3) is 0 Å². The number of hydrogen-bond acceptors (Lipinski definition) is 3. The number of rotatable bonds is 2. The predicted octanol–water partition coefficient (Wildman–Crippen LogP) is 1.12. The quantitative estimate of drug-likeness (QED) is 0.881. The van der Waals surface area contributed by atoms with E-state index in [1.807, 2.05) is 24.1 Å². The summed E-state index contributed by atoms with van der Waals surface area (Å²) >= 11 is 0. The van der Waals surface area contributed by atoms with Crippen LogP contribution in [-0.4, -0.2) is 45.8 Å². The van der Waals surface area contributed by atoms with Crippen molar-refractivity contribution in [3.8, 4) is 0 Å². The minimum atomic E-state index is 0.0576. The van der Waals surface area contributed by atoms with Crippen molar-refractivity contribution < 1.29 is 4.79 Å². The second-order valence-electron chi connectivity index (χ2n) is 6.34. The summed E-state index contributed by atoms with van der Waals surface area (Å²) in [5.41, 5.74) is 1.18. The summed E-state index contributed by atoms with van der Waals surface area (Å²) in [5.74, 6) is 0.639. The van der Waals surface area contributed by atoms with Crippen LogP contribution >= 0.6 is 0 Å². The molecule has 1 aromatic rings. The van der Waals surface area contributed by atoms with Gasteiger partial charge in [0.2, 0.25) is 5.91 Å². The van der Waals surface area contributed by atoms with Gasteiger partial charge in [-0.25, -0.2) is 0 Å². The third kappa shape index (κ3) is 2.24. The summed E-state index contributed by atoms with van der Waals surface area (Å²) in [4.78, 5) is 15.0. The second-order valence-corrected chi connectivity index (χ2v) is 6.34. The minimum Gasteiger partial charge on any atom is -0.337 e. The highest BCUT2D eigenvalue weighted by Gasteiger charge is 2.41. The van der Waals surface area contributed by atoms with E-state index in [9.17, 15) is 4.79 Å². The number of aromatic nitrogens is 2. The second kappa shape index (κ2) is 5.20. The van der Waals surface area contributed by atoms with Crippen molar-refractivity contribution in [2.75, 3.05) is 13.1 Å². The summed E-state index contributed by atoms with van der Waals surface area (Å²) in [6.07, 6.45) is 6.19. The van der Waals surface area contributed by atoms with Gasteiger partial charge >= 0.3 is 0 Å². The summed E-state index contributed by atoms with van der Waals surface area (Å²) in [5, 5.41) is 7.63. The van der Waals surface area contributed by atoms with Crippen molar-refractivity contribution in [3.63, 3.8) is 0 Å². The van der Waals surface area contributed by atoms with E-state index in [1.165, 1.54) is 5.56 Å². The number of likely N-dealkylation sites (tertiary alicyclic amines) is 1. The van der Waals surface area contributed by atoms with E-state index in [4.69, 9.17) is 0 Å². The maximum atomic E-state index is 12.9. The van der Waals surface area contributed by atoms with Crippen molar-refractivity contribution in [3.05, 3.63) is 18.0 Å². The van der Waals surface area contributed by atoms with Crippen LogP contribution in [0.1, 0.15) is 38.2 Å². The molecule has 0 spiro atoms. The zero-order valence-corrected chi connectivity index (χ0v) is 12.5. The maximum absolute atomic E-state index is 12.9. The number of nitrogens with one attached hydrogen (secondary N) is 1. The number of nitrogens with zero attached hydrogens (tertiary/aromatic N) is 3. The number of carbonyl (C=O) groups excluding carboxylic acids is 1. The lowest BCUT2D eigenvalue weighted by atomic mass is 9.89. The van der Waals surface area contributed by atoms with E-state index in [0.717, 1.165) is 25.9 Å². The lowest BCUT2D eigenvalue weighted by molar-refractivity contribution is -0.137. The van der Waals surface area contributed by atoms with E-state index in [0.29, 0.717) is 18.0 Å². The predicted molar refractivity (Wildman–Crippen MR) is 77.3 cm³/mol. The highest BCUT2D eigenvalue weighted by atomic mass is 16.2. The van der Waals surface area contributed by atoms with E-state index >= 15 is 0 Å². The molecule has 0 bridgehead atoms. The van der Waals surface area contributed by atoms with Crippen LogP contribution in [0.5, 0.6) is 0 Å². The Morgan fingerprint density at radius 3 is 2.60 bits per heavy atom. The van der Waals surface area contributed by atoms with Crippen molar-refractivity contribution >= 4 is 5.91 Å². The summed E-state index contributed by atoms with van der Waals surface area (Å²) in [6, 6.07) is 0.764. The Hall–Kier alpha value is -1.36. The van der Waals surface area contributed by atoms with Gasteiger partial charge in [-0.05, 0) is 32.3 Å². The monoisotopic (exact) mass is 276 g/mol. The zero-order chi connectivity index (χ0) is 14.3. The molecule has 2 saturated heterocycles. The molecule has 2 aliphatic heterocycles. The highest BCUT2D eigenvalue weighted by molar-refractivity contribution is 5.81. The van der Waals surface area contributed by atoms with Gasteiger partial charge in [-0.15, -0.1) is 0 Å². The van der Waals surface area contributed by atoms with E-state index in [-0.39, 0.29) is 11.8 Å². The average Bonchev–Trinajstić information content (AvgIpc) is 3.09. The van der Waals surface area contributed by atoms with Gasteiger partial charge in [0, 0.05) is 44.3 Å². The smallest absolute Gasteiger partial charge is 0.228 e. The van der Waals surface area contributed by atoms with Gasteiger partial charge in [-0.3, -0.25) is 9.48 Å². The molecule has 3 heterocycles. The molecule has 110 valence electrons. The number of amides is 1. The fourth-order valence-corrected chi connectivity index (χ4v) is 3.74. The van der Waals surface area contributed by atoms with E-state index in [1.54, 1.807) is 0 Å². The Bertz CT molecular complexity index is 488. The molecule has 1 amide bonds. The summed E-state index contributed by atoms with van der Waals surface area (Å²) < 4.78 is 1.82. The number of hydrogen-bond donors (Lipinski definition) is 1. The lowest BCUT2D eigenvalue weighted by Gasteiger charge is -2.30. The summed E-state index contributed by atoms with van der Waals surface area (Å²) in [7, 11) is 1.92. The molecule has 0 aromatic carbocycles. The van der Waals surface area contributed by atoms with E-state index < -0.39 is 0 Å². The topological polar surface area (TPSA) is 50.2 Å². The van der Waals surface area contributed by atoms with Crippen molar-refractivity contribution in [2.45, 2.75) is 44.7 Å². The van der Waals surface area contributed by atoms with Crippen molar-refractivity contribution in [1.82, 2.24) is 20.0 Å². The Morgan fingerprint density at radius 1 is 1.30 bits per heavy atom. The molecule has 4 atom stereocenters. The molecule has 2 fully saturated rings. The molecule has 1 aromatic heterocycles. The van der Waals surface area contributed by atoms with Gasteiger partial charge < -0.3 is 10.2 Å². The van der Waals surface area contributed by atoms with Crippen LogP contribution in [-0.2, 0) is 11.8 Å². The molecule has 3 rings (SSSR count). The molecular weight excluding hydrogens is 252 g/mol. The fourth-order valence-electron chi connectivity index (χ4n) is 3.74. The first-order valence-corrected chi connectivity index (χ1v) is 7.59. The SMILES string of the molecule is CC1CCC(C)N1C(=O)[C@H]1CNC[C@@H]1c1cnn(C)c1. The molecule has 2 aliphatic rings. The van der Waals surface area contributed by atoms with Gasteiger partial charge in [0.05, 0.1) is 12.1 Å². The third-order valence-corrected chi connectivity index (χ3v) is 4.89. The fraction of sp³-hybridized carbons (Fsp3) is 0.733. The Balaban J connectivity index is 1.80. The molecule has 0 aliphatic carbocycles. The normalized spacial score (nSPS) is 33.9. The Labute approximate surface area is 120 Å². The van der Waals surface area contributed by atoms with Gasteiger partial charge in [0.1, 0.15) is 0 Å². The van der Waals surface area contributed by atoms with Gasteiger partial charge in [-0.2, -0.15) is 5.10 Å². The van der Waals surface area contributed by atoms with Crippen LogP contribution in [0.15, 0.2) is 12.4 Å². The first kappa shape index (κ1) is 13.6. The van der Waals surface area contributed by atoms with Crippen molar-refractivity contribution in [1.29, 1.82) is 0 Å². The molecular formula is C15H24N4O. The first-order valence-electron chi connectivity index (χ1n) is 7.59. The molecule has 2 unspecified atom stereocenters. The standard InChI is InChI=1S/C15H24N4O/c1-10-4-5-11(2)19(10)15(20)14-8-16-7-13(14)12-6-17-18(3)9-12/h6,9-11,13-14,16H,4-5,7-8H2,1-3H3/t10?,11?,13-,14+/m1/s1. The Morgan fingerprint density at radius 2 is 2.00 bits per heavy atom. The average molecular weight is 276 g/mol. The first-order chi connectivity index (χ1) is 9.58. The van der Waals surface area contributed by atoms with Crippen LogP contribution in [0, 0.1) is 5.92 Å². The molecule has 1 N–H and O–H groups in total. The van der Waals surface area contributed by atoms with Crippen LogP contribution in [0.3, 0.4) is 0 Å². The van der Waals surface area contributed by atoms with Crippen LogP contribution < -0.4 is 5.32 Å². The molecule has 20 heavy (non-hydrogen) atoms. The van der Waals surface area contributed by atoms with Crippen molar-refractivity contribution in [2.24, 2.45) is 13.0 Å². The zero-order valence-electron chi connectivity index (χ0n) is 12.5. The van der Waals surface area contributed by atoms with Gasteiger partial charge in [0.15, 0.2) is 0 Å². The van der Waals surface area contributed by atoms with Gasteiger partial charge in [0.25, 0.3) is 0 Å². The third-order valence-electron chi connectivity index (χ3n) is 4.89. The Kier molecular flexibility index (Phi) is 3.54. The largest absolute Gasteiger partial charge is 0.337 e.